The van der Waals surface area contributed by atoms with E-state index in [1.807, 2.05) is 13.8 Å². The van der Waals surface area contributed by atoms with Gasteiger partial charge in [0.2, 0.25) is 0 Å². The summed E-state index contributed by atoms with van der Waals surface area (Å²) in [5.74, 6) is 0. The Labute approximate surface area is 104 Å². The standard InChI is InChI=1S/C13H26N2O2/c1-12(2)5-8-15(9-6-12)10-7-13(3,4)14-11(16)17/h14H,5-10H2,1-4H3,(H,16,17). The lowest BCUT2D eigenvalue weighted by molar-refractivity contribution is 0.121. The minimum Gasteiger partial charge on any atom is -0.465 e. The molecule has 4 nitrogen and oxygen atoms in total. The van der Waals surface area contributed by atoms with Gasteiger partial charge in [-0.1, -0.05) is 13.8 Å². The van der Waals surface area contributed by atoms with Crippen molar-refractivity contribution in [1.82, 2.24) is 10.2 Å². The van der Waals surface area contributed by atoms with Crippen LogP contribution in [0.3, 0.4) is 0 Å². The van der Waals surface area contributed by atoms with Gasteiger partial charge in [0.25, 0.3) is 0 Å². The smallest absolute Gasteiger partial charge is 0.405 e. The first-order valence-electron chi connectivity index (χ1n) is 6.44. The molecule has 2 N–H and O–H groups in total. The Bertz CT molecular complexity index is 265. The number of likely N-dealkylation sites (tertiary alicyclic amines) is 1. The molecule has 1 saturated heterocycles. The summed E-state index contributed by atoms with van der Waals surface area (Å²) in [7, 11) is 0. The Hall–Kier alpha value is -0.770. The normalized spacial score (nSPS) is 21.2. The summed E-state index contributed by atoms with van der Waals surface area (Å²) in [6.07, 6.45) is 2.40. The highest BCUT2D eigenvalue weighted by Crippen LogP contribution is 2.29. The van der Waals surface area contributed by atoms with Crippen molar-refractivity contribution < 1.29 is 9.90 Å². The Morgan fingerprint density at radius 1 is 1.35 bits per heavy atom. The van der Waals surface area contributed by atoms with Crippen LogP contribution in [0.15, 0.2) is 0 Å². The maximum absolute atomic E-state index is 10.6. The highest BCUT2D eigenvalue weighted by Gasteiger charge is 2.27. The van der Waals surface area contributed by atoms with Crippen LogP contribution >= 0.6 is 0 Å². The molecular weight excluding hydrogens is 216 g/mol. The molecule has 0 atom stereocenters. The van der Waals surface area contributed by atoms with Crippen molar-refractivity contribution in [3.8, 4) is 0 Å². The predicted octanol–water partition coefficient (Wildman–Crippen LogP) is 2.54. The van der Waals surface area contributed by atoms with Crippen molar-refractivity contribution in [2.45, 2.75) is 52.5 Å². The molecule has 17 heavy (non-hydrogen) atoms. The van der Waals surface area contributed by atoms with Gasteiger partial charge < -0.3 is 15.3 Å². The van der Waals surface area contributed by atoms with E-state index < -0.39 is 6.09 Å². The fourth-order valence-electron chi connectivity index (χ4n) is 2.17. The lowest BCUT2D eigenvalue weighted by atomic mass is 9.82. The maximum Gasteiger partial charge on any atom is 0.405 e. The second-order valence-electron chi connectivity index (χ2n) is 6.57. The largest absolute Gasteiger partial charge is 0.465 e. The van der Waals surface area contributed by atoms with Gasteiger partial charge in [-0.25, -0.2) is 4.79 Å². The van der Waals surface area contributed by atoms with Crippen LogP contribution in [0.4, 0.5) is 4.79 Å². The van der Waals surface area contributed by atoms with Crippen molar-refractivity contribution >= 4 is 6.09 Å². The number of carbonyl (C=O) groups is 1. The average molecular weight is 242 g/mol. The number of hydrogen-bond donors (Lipinski definition) is 2. The number of amides is 1. The topological polar surface area (TPSA) is 52.6 Å². The summed E-state index contributed by atoms with van der Waals surface area (Å²) in [5.41, 5.74) is 0.143. The molecule has 0 aromatic carbocycles. The van der Waals surface area contributed by atoms with E-state index >= 15 is 0 Å². The molecule has 1 aliphatic rings. The molecule has 0 radical (unpaired) electrons. The number of nitrogens with zero attached hydrogens (tertiary/aromatic N) is 1. The number of carboxylic acid groups (broad SMARTS) is 1. The summed E-state index contributed by atoms with van der Waals surface area (Å²) in [6, 6.07) is 0. The zero-order chi connectivity index (χ0) is 13.1. The van der Waals surface area contributed by atoms with E-state index in [4.69, 9.17) is 5.11 Å². The molecule has 100 valence electrons. The van der Waals surface area contributed by atoms with Crippen LogP contribution in [0.25, 0.3) is 0 Å². The van der Waals surface area contributed by atoms with Crippen LogP contribution < -0.4 is 5.32 Å². The van der Waals surface area contributed by atoms with Crippen LogP contribution in [0.5, 0.6) is 0 Å². The van der Waals surface area contributed by atoms with Crippen molar-refractivity contribution in [3.05, 3.63) is 0 Å². The quantitative estimate of drug-likeness (QED) is 0.796. The predicted molar refractivity (Wildman–Crippen MR) is 69.3 cm³/mol. The lowest BCUT2D eigenvalue weighted by Gasteiger charge is -2.38. The molecule has 0 unspecified atom stereocenters. The van der Waals surface area contributed by atoms with Crippen molar-refractivity contribution in [2.75, 3.05) is 19.6 Å². The molecular formula is C13H26N2O2. The van der Waals surface area contributed by atoms with E-state index in [0.29, 0.717) is 5.41 Å². The van der Waals surface area contributed by atoms with Gasteiger partial charge in [-0.2, -0.15) is 0 Å². The molecule has 1 rings (SSSR count). The van der Waals surface area contributed by atoms with E-state index in [-0.39, 0.29) is 5.54 Å². The van der Waals surface area contributed by atoms with Gasteiger partial charge in [-0.05, 0) is 51.6 Å². The average Bonchev–Trinajstić information content (AvgIpc) is 2.14. The maximum atomic E-state index is 10.6. The second kappa shape index (κ2) is 5.25. The van der Waals surface area contributed by atoms with Crippen molar-refractivity contribution in [3.63, 3.8) is 0 Å². The summed E-state index contributed by atoms with van der Waals surface area (Å²) in [4.78, 5) is 13.1. The fraction of sp³-hybridized carbons (Fsp3) is 0.923. The highest BCUT2D eigenvalue weighted by molar-refractivity contribution is 5.65. The fourth-order valence-corrected chi connectivity index (χ4v) is 2.17. The van der Waals surface area contributed by atoms with Crippen LogP contribution in [-0.2, 0) is 0 Å². The van der Waals surface area contributed by atoms with Crippen molar-refractivity contribution in [1.29, 1.82) is 0 Å². The summed E-state index contributed by atoms with van der Waals surface area (Å²) >= 11 is 0. The molecule has 0 saturated carbocycles. The molecule has 0 spiro atoms. The third-order valence-corrected chi connectivity index (χ3v) is 3.71. The molecule has 1 heterocycles. The first-order chi connectivity index (χ1) is 7.70. The van der Waals surface area contributed by atoms with E-state index in [1.54, 1.807) is 0 Å². The van der Waals surface area contributed by atoms with Gasteiger partial charge in [0.1, 0.15) is 0 Å². The van der Waals surface area contributed by atoms with Gasteiger partial charge >= 0.3 is 6.09 Å². The van der Waals surface area contributed by atoms with Gasteiger partial charge in [0, 0.05) is 12.1 Å². The summed E-state index contributed by atoms with van der Waals surface area (Å²) < 4.78 is 0. The molecule has 0 aliphatic carbocycles. The second-order valence-corrected chi connectivity index (χ2v) is 6.57. The van der Waals surface area contributed by atoms with Crippen molar-refractivity contribution in [2.24, 2.45) is 5.41 Å². The Kier molecular flexibility index (Phi) is 4.42. The van der Waals surface area contributed by atoms with Crippen LogP contribution in [-0.4, -0.2) is 41.3 Å². The molecule has 0 bridgehead atoms. The zero-order valence-corrected chi connectivity index (χ0v) is 11.5. The molecule has 1 aliphatic heterocycles. The Morgan fingerprint density at radius 3 is 2.35 bits per heavy atom. The number of rotatable bonds is 4. The molecule has 1 fully saturated rings. The lowest BCUT2D eigenvalue weighted by Crippen LogP contribution is -2.46. The van der Waals surface area contributed by atoms with Crippen LogP contribution in [0, 0.1) is 5.41 Å². The van der Waals surface area contributed by atoms with Gasteiger partial charge in [0.15, 0.2) is 0 Å². The third-order valence-electron chi connectivity index (χ3n) is 3.71. The van der Waals surface area contributed by atoms with E-state index in [9.17, 15) is 4.79 Å². The van der Waals surface area contributed by atoms with Gasteiger partial charge in [-0.15, -0.1) is 0 Å². The van der Waals surface area contributed by atoms with Crippen LogP contribution in [0.2, 0.25) is 0 Å². The number of piperidine rings is 1. The SMILES string of the molecule is CC1(C)CCN(CCC(C)(C)NC(=O)O)CC1. The minimum absolute atomic E-state index is 0.335. The molecule has 1 amide bonds. The molecule has 0 aromatic heterocycles. The monoisotopic (exact) mass is 242 g/mol. The van der Waals surface area contributed by atoms with Gasteiger partial charge in [-0.3, -0.25) is 0 Å². The molecule has 0 aromatic rings. The van der Waals surface area contributed by atoms with E-state index in [2.05, 4.69) is 24.1 Å². The first-order valence-corrected chi connectivity index (χ1v) is 6.44. The minimum atomic E-state index is -0.935. The summed E-state index contributed by atoms with van der Waals surface area (Å²) in [6.45, 7) is 11.8. The Morgan fingerprint density at radius 2 is 1.88 bits per heavy atom. The Balaban J connectivity index is 2.30. The third kappa shape index (κ3) is 5.39. The van der Waals surface area contributed by atoms with E-state index in [0.717, 1.165) is 26.1 Å². The highest BCUT2D eigenvalue weighted by atomic mass is 16.4. The van der Waals surface area contributed by atoms with Crippen LogP contribution in [0.1, 0.15) is 47.0 Å². The zero-order valence-electron chi connectivity index (χ0n) is 11.5. The molecule has 4 heteroatoms. The van der Waals surface area contributed by atoms with E-state index in [1.165, 1.54) is 12.8 Å². The number of hydrogen-bond acceptors (Lipinski definition) is 2. The number of nitrogens with one attached hydrogen (secondary N) is 1. The van der Waals surface area contributed by atoms with Gasteiger partial charge in [0.05, 0.1) is 0 Å². The summed E-state index contributed by atoms with van der Waals surface area (Å²) in [5, 5.41) is 11.3. The first kappa shape index (κ1) is 14.3.